The minimum atomic E-state index is -0.470. The minimum absolute atomic E-state index is 0.176. The number of carbonyl (C=O) groups is 4. The van der Waals surface area contributed by atoms with Crippen molar-refractivity contribution >= 4 is 127 Å². The predicted molar refractivity (Wildman–Crippen MR) is 541 cm³/mol. The Morgan fingerprint density at radius 2 is 0.402 bits per heavy atom. The lowest BCUT2D eigenvalue weighted by atomic mass is 9.78. The predicted octanol–water partition coefficient (Wildman–Crippen LogP) is 29.4. The molecule has 6 aliphatic rings. The summed E-state index contributed by atoms with van der Waals surface area (Å²) in [7, 11) is 0. The van der Waals surface area contributed by atoms with E-state index in [1.807, 2.05) is 72.8 Å². The first kappa shape index (κ1) is 81.7. The minimum Gasteiger partial charge on any atom is -0.354 e. The Kier molecular flexibility index (Phi) is 21.8. The van der Waals surface area contributed by atoms with Crippen molar-refractivity contribution < 1.29 is 19.2 Å². The van der Waals surface area contributed by atoms with E-state index in [1.165, 1.54) is 9.80 Å². The van der Waals surface area contributed by atoms with Gasteiger partial charge in [0.1, 0.15) is 0 Å². The second kappa shape index (κ2) is 35.2. The molecule has 0 saturated carbocycles. The van der Waals surface area contributed by atoms with Gasteiger partial charge in [-0.3, -0.25) is 29.0 Å². The maximum absolute atomic E-state index is 16.3. The van der Waals surface area contributed by atoms with Crippen LogP contribution in [0.5, 0.6) is 0 Å². The average molecular weight is 1720 g/mol. The number of hydrogen-bond acceptors (Lipinski definition) is 8. The van der Waals surface area contributed by atoms with Crippen molar-refractivity contribution in [3.05, 3.63) is 359 Å². The first-order chi connectivity index (χ1) is 65.1. The standard InChI is InChI=1S/C118H94N10O4/c1-3-5-7-9-11-31-69-127-115(129)85-71-84(74-47-51-82(52-48-74)110-101-67-63-97(125-101)107(79-41-27-17-28-42-79)93-59-55-89(121-93)104(76-35-21-14-22-36-76)90-56-60-94(122-90)108(80-43-29-18-30-44-80)98-64-68-102(110)126-98)114-112-86(116(130)128(118(114)132)70-32-12-10-8-6-4-2)72-83(113(111(85)112)117(127)131)73-45-49-81(50-46-73)109-99-65-61-95(123-99)105(77-37-23-15-24-38-77)91-57-53-87(119-91)103(75-33-19-13-20-34-75)88-54-58-92(120-88)106(78-39-25-16-26-40-78)96-62-66-100(109)124-96/h13-30,33-68,71-72,119,121,124,126H,3-12,31-32,69-70H2,1-2H3. The van der Waals surface area contributed by atoms with Gasteiger partial charge in [-0.2, -0.15) is 0 Å². The Morgan fingerprint density at radius 3 is 0.621 bits per heavy atom. The summed E-state index contributed by atoms with van der Waals surface area (Å²) < 4.78 is 0. The van der Waals surface area contributed by atoms with Gasteiger partial charge in [-0.15, -0.1) is 0 Å². The second-order valence-corrected chi connectivity index (χ2v) is 34.9. The fraction of sp³-hybridized carbons (Fsp3) is 0.136. The van der Waals surface area contributed by atoms with Crippen molar-refractivity contribution in [1.29, 1.82) is 0 Å². The molecule has 14 heteroatoms. The maximum atomic E-state index is 16.3. The third kappa shape index (κ3) is 14.9. The Balaban J connectivity index is 0.734. The monoisotopic (exact) mass is 1710 g/mol. The van der Waals surface area contributed by atoms with Crippen molar-refractivity contribution in [2.45, 2.75) is 90.9 Å². The molecule has 6 aliphatic heterocycles. The van der Waals surface area contributed by atoms with Gasteiger partial charge in [0.05, 0.1) is 56.7 Å². The first-order valence-electron chi connectivity index (χ1n) is 46.3. The molecule has 0 radical (unpaired) electrons. The van der Waals surface area contributed by atoms with Gasteiger partial charge in [-0.25, -0.2) is 19.9 Å². The molecule has 0 atom stereocenters. The smallest absolute Gasteiger partial charge is 0.262 e. The first-order valence-corrected chi connectivity index (χ1v) is 46.3. The number of amides is 4. The van der Waals surface area contributed by atoms with E-state index in [-0.39, 0.29) is 35.3 Å². The summed E-state index contributed by atoms with van der Waals surface area (Å²) in [5.41, 5.74) is 31.3. The van der Waals surface area contributed by atoms with Crippen LogP contribution in [-0.4, -0.2) is 86.4 Å². The van der Waals surface area contributed by atoms with E-state index in [0.717, 1.165) is 232 Å². The highest BCUT2D eigenvalue weighted by molar-refractivity contribution is 6.37. The van der Waals surface area contributed by atoms with Gasteiger partial charge in [0.15, 0.2) is 0 Å². The lowest BCUT2D eigenvalue weighted by Crippen LogP contribution is -2.44. The molecule has 4 N–H and O–H groups in total. The summed E-state index contributed by atoms with van der Waals surface area (Å²) in [5.74, 6) is -1.88. The van der Waals surface area contributed by atoms with Crippen LogP contribution in [0, 0.1) is 0 Å². The van der Waals surface area contributed by atoms with Crippen LogP contribution in [0.2, 0.25) is 0 Å². The van der Waals surface area contributed by atoms with Gasteiger partial charge in [-0.1, -0.05) is 309 Å². The SMILES string of the molecule is CCCCCCCCN1C(=O)c2cc(-c3ccc(-c4c5nc(c(-c6ccccc6)c6ccc([nH]6)c(-c6ccccc6)c6nc(c(-c7ccccc7)c7ccc4[nH]7)C=C6)C=C5)cc3)c3c4c(cc(-c5ccc(-c6c7nc(c(-c8ccccc8)c8ccc([nH]8)c(-c8ccccc8)c8nc(c(-c9ccccc9)c9ccc6[nH]9)C=C8)C=C7)cc5)c(c24)C1=O)C(=O)N(CCCCCCCC)C3=O. The van der Waals surface area contributed by atoms with E-state index < -0.39 is 23.6 Å². The van der Waals surface area contributed by atoms with E-state index in [2.05, 4.69) is 301 Å². The van der Waals surface area contributed by atoms with Gasteiger partial charge in [-0.05, 0) is 189 Å². The molecule has 132 heavy (non-hydrogen) atoms. The number of imide groups is 2. The number of fused-ring (bicyclic) bond motifs is 16. The van der Waals surface area contributed by atoms with Crippen molar-refractivity contribution in [3.63, 3.8) is 0 Å². The van der Waals surface area contributed by atoms with Crippen LogP contribution in [-0.2, 0) is 0 Å². The second-order valence-electron chi connectivity index (χ2n) is 34.9. The molecular formula is C118H94N10O4. The highest BCUT2D eigenvalue weighted by Crippen LogP contribution is 2.50. The van der Waals surface area contributed by atoms with E-state index in [1.54, 1.807) is 0 Å². The summed E-state index contributed by atoms with van der Waals surface area (Å²) in [6.45, 7) is 4.74. The summed E-state index contributed by atoms with van der Waals surface area (Å²) >= 11 is 0. The molecule has 0 aliphatic carbocycles. The molecule has 0 unspecified atom stereocenters. The Hall–Kier alpha value is -16.1. The van der Waals surface area contributed by atoms with Crippen LogP contribution in [0.15, 0.2) is 291 Å². The van der Waals surface area contributed by atoms with Crippen molar-refractivity contribution in [1.82, 2.24) is 49.7 Å². The number of nitrogens with zero attached hydrogens (tertiary/aromatic N) is 6. The molecule has 22 rings (SSSR count). The Morgan fingerprint density at radius 1 is 0.205 bits per heavy atom. The molecule has 12 heterocycles. The van der Waals surface area contributed by atoms with Crippen LogP contribution in [0.4, 0.5) is 0 Å². The third-order valence-corrected chi connectivity index (χ3v) is 26.6. The maximum Gasteiger partial charge on any atom is 0.262 e. The molecule has 14 nitrogen and oxygen atoms in total. The van der Waals surface area contributed by atoms with E-state index in [9.17, 15) is 0 Å². The van der Waals surface area contributed by atoms with Gasteiger partial charge >= 0.3 is 0 Å². The average Bonchev–Trinajstić information content (AvgIpc) is 1.04. The van der Waals surface area contributed by atoms with Gasteiger partial charge in [0, 0.05) is 124 Å². The van der Waals surface area contributed by atoms with E-state index in [0.29, 0.717) is 57.3 Å². The number of benzene rings is 10. The fourth-order valence-corrected chi connectivity index (χ4v) is 20.2. The zero-order valence-electron chi connectivity index (χ0n) is 73.5. The number of rotatable bonds is 24. The molecule has 0 saturated heterocycles. The van der Waals surface area contributed by atoms with Crippen LogP contribution in [0.3, 0.4) is 0 Å². The Bertz CT molecular complexity index is 7300. The van der Waals surface area contributed by atoms with Gasteiger partial charge in [0.2, 0.25) is 0 Å². The highest BCUT2D eigenvalue weighted by Gasteiger charge is 2.43. The lowest BCUT2D eigenvalue weighted by molar-refractivity contribution is 0.0587. The van der Waals surface area contributed by atoms with Gasteiger partial charge in [0.25, 0.3) is 23.6 Å². The summed E-state index contributed by atoms with van der Waals surface area (Å²) in [6, 6.07) is 99.3. The topological polar surface area (TPSA) is 189 Å². The van der Waals surface area contributed by atoms with Crippen molar-refractivity contribution in [2.75, 3.05) is 13.1 Å². The van der Waals surface area contributed by atoms with Crippen LogP contribution < -0.4 is 0 Å². The molecular weight excluding hydrogens is 1620 g/mol. The highest BCUT2D eigenvalue weighted by atomic mass is 16.2. The number of unbranched alkanes of at least 4 members (excludes halogenated alkanes) is 10. The molecule has 4 amide bonds. The van der Waals surface area contributed by atoms with Crippen LogP contribution in [0.25, 0.3) is 215 Å². The van der Waals surface area contributed by atoms with Gasteiger partial charge < -0.3 is 19.9 Å². The molecule has 10 aromatic carbocycles. The largest absolute Gasteiger partial charge is 0.354 e. The summed E-state index contributed by atoms with van der Waals surface area (Å²) in [6.07, 6.45) is 28.0. The molecule has 16 bridgehead atoms. The molecule has 640 valence electrons. The number of aromatic nitrogens is 8. The lowest BCUT2D eigenvalue weighted by Gasteiger charge is -2.34. The fourth-order valence-electron chi connectivity index (χ4n) is 20.2. The zero-order chi connectivity index (χ0) is 88.9. The van der Waals surface area contributed by atoms with E-state index in [4.69, 9.17) is 19.9 Å². The van der Waals surface area contributed by atoms with E-state index >= 15 is 19.2 Å². The van der Waals surface area contributed by atoms with Crippen molar-refractivity contribution in [3.8, 4) is 111 Å². The van der Waals surface area contributed by atoms with Crippen LogP contribution >= 0.6 is 0 Å². The number of aromatic amines is 4. The molecule has 0 spiro atoms. The summed E-state index contributed by atoms with van der Waals surface area (Å²) in [5, 5.41) is 0.613. The molecule has 0 fully saturated rings. The number of carbonyl (C=O) groups excluding carboxylic acids is 4. The summed E-state index contributed by atoms with van der Waals surface area (Å²) in [4.78, 5) is 106. The number of H-pyrrole nitrogens is 4. The molecule has 6 aromatic heterocycles. The molecule has 16 aromatic rings. The quantitative estimate of drug-likeness (QED) is 0.0339. The van der Waals surface area contributed by atoms with Crippen LogP contribution in [0.1, 0.15) is 178 Å². The third-order valence-electron chi connectivity index (χ3n) is 26.6. The zero-order valence-corrected chi connectivity index (χ0v) is 73.5. The van der Waals surface area contributed by atoms with Crippen molar-refractivity contribution in [2.24, 2.45) is 0 Å². The number of nitrogens with one attached hydrogen (secondary N) is 4. The Labute approximate surface area is 765 Å². The number of hydrogen-bond donors (Lipinski definition) is 4. The normalized spacial score (nSPS) is 13.1.